The van der Waals surface area contributed by atoms with Gasteiger partial charge in [-0.3, -0.25) is 0 Å². The summed E-state index contributed by atoms with van der Waals surface area (Å²) >= 11 is 0. The summed E-state index contributed by atoms with van der Waals surface area (Å²) in [6.07, 6.45) is -12.3. The fraction of sp³-hybridized carbons (Fsp3) is 0.621. The van der Waals surface area contributed by atoms with E-state index >= 15 is 0 Å². The number of carbonyl (C=O) groups excluding carboxylic acids is 1. The third-order valence-corrected chi connectivity index (χ3v) is 8.50. The number of hydrogen-bond acceptors (Lipinski definition) is 15. The van der Waals surface area contributed by atoms with Gasteiger partial charge in [0.05, 0.1) is 31.5 Å². The molecule has 0 aromatic heterocycles. The Morgan fingerprint density at radius 3 is 2.36 bits per heavy atom. The standard InChI is InChI=1S/C29H38O15/c1-28(44-18(32)8-7-14-5-3-2-4-6-14)11-17(42-25-22(36)19(33)15(31)13-40-25)29(38)9-10-39-27(24(28)29)43-26-23(37)21(35)20(34)16(12-30)41-26/h2-10,15-17,19-27,30-31,33-38H,11-13H2,1H3. The summed E-state index contributed by atoms with van der Waals surface area (Å²) < 4.78 is 34.2. The predicted molar refractivity (Wildman–Crippen MR) is 145 cm³/mol. The van der Waals surface area contributed by atoms with Crippen LogP contribution in [0.1, 0.15) is 18.9 Å². The monoisotopic (exact) mass is 626 g/mol. The first-order valence-corrected chi connectivity index (χ1v) is 14.2. The molecule has 1 aliphatic carbocycles. The van der Waals surface area contributed by atoms with Gasteiger partial charge in [0.25, 0.3) is 0 Å². The highest BCUT2D eigenvalue weighted by Gasteiger charge is 2.68. The van der Waals surface area contributed by atoms with E-state index in [1.54, 1.807) is 24.3 Å². The second kappa shape index (κ2) is 13.1. The summed E-state index contributed by atoms with van der Waals surface area (Å²) in [5.74, 6) is -2.10. The fourth-order valence-electron chi connectivity index (χ4n) is 6.11. The van der Waals surface area contributed by atoms with E-state index in [1.807, 2.05) is 6.07 Å². The van der Waals surface area contributed by atoms with Gasteiger partial charge in [-0.1, -0.05) is 30.3 Å². The molecule has 8 N–H and O–H groups in total. The van der Waals surface area contributed by atoms with Crippen molar-refractivity contribution in [3.8, 4) is 0 Å². The van der Waals surface area contributed by atoms with Gasteiger partial charge in [0.2, 0.25) is 6.29 Å². The highest BCUT2D eigenvalue weighted by molar-refractivity contribution is 5.87. The van der Waals surface area contributed by atoms with Gasteiger partial charge >= 0.3 is 5.97 Å². The van der Waals surface area contributed by atoms with Crippen molar-refractivity contribution < 1.29 is 74.1 Å². The van der Waals surface area contributed by atoms with Crippen molar-refractivity contribution in [1.29, 1.82) is 0 Å². The Morgan fingerprint density at radius 1 is 0.955 bits per heavy atom. The number of ether oxygens (including phenoxy) is 6. The minimum atomic E-state index is -2.04. The maximum Gasteiger partial charge on any atom is 0.331 e. The zero-order chi connectivity index (χ0) is 31.8. The lowest BCUT2D eigenvalue weighted by molar-refractivity contribution is -0.353. The van der Waals surface area contributed by atoms with E-state index < -0.39 is 97.4 Å². The van der Waals surface area contributed by atoms with Gasteiger partial charge in [0.1, 0.15) is 53.9 Å². The van der Waals surface area contributed by atoms with Gasteiger partial charge in [0, 0.05) is 12.5 Å². The summed E-state index contributed by atoms with van der Waals surface area (Å²) in [7, 11) is 0. The van der Waals surface area contributed by atoms with Crippen LogP contribution in [0.15, 0.2) is 48.7 Å². The molecule has 0 amide bonds. The Labute approximate surface area is 252 Å². The summed E-state index contributed by atoms with van der Waals surface area (Å²) in [4.78, 5) is 13.1. The first-order chi connectivity index (χ1) is 20.9. The molecule has 4 aliphatic rings. The van der Waals surface area contributed by atoms with Crippen LogP contribution in [0, 0.1) is 5.92 Å². The summed E-state index contributed by atoms with van der Waals surface area (Å²) in [6, 6.07) is 8.93. The van der Waals surface area contributed by atoms with Crippen LogP contribution in [-0.2, 0) is 33.2 Å². The molecule has 1 aromatic carbocycles. The quantitative estimate of drug-likeness (QED) is 0.108. The highest BCUT2D eigenvalue weighted by atomic mass is 16.8. The fourth-order valence-corrected chi connectivity index (χ4v) is 6.11. The summed E-state index contributed by atoms with van der Waals surface area (Å²) in [6.45, 7) is 0.409. The maximum absolute atomic E-state index is 13.1. The molecular formula is C29H38O15. The molecule has 0 spiro atoms. The number of carbonyl (C=O) groups is 1. The molecule has 0 radical (unpaired) electrons. The van der Waals surface area contributed by atoms with Crippen molar-refractivity contribution >= 4 is 12.0 Å². The van der Waals surface area contributed by atoms with Crippen molar-refractivity contribution in [2.24, 2.45) is 5.92 Å². The van der Waals surface area contributed by atoms with E-state index in [4.69, 9.17) is 28.4 Å². The lowest BCUT2D eigenvalue weighted by atomic mass is 9.81. The smallest absolute Gasteiger partial charge is 0.331 e. The molecule has 2 saturated heterocycles. The van der Waals surface area contributed by atoms with Crippen molar-refractivity contribution in [3.05, 3.63) is 54.3 Å². The minimum Gasteiger partial charge on any atom is -0.472 e. The Hall–Kier alpha value is -2.51. The number of aliphatic hydroxyl groups is 8. The molecule has 15 heteroatoms. The van der Waals surface area contributed by atoms with Gasteiger partial charge in [-0.15, -0.1) is 0 Å². The van der Waals surface area contributed by atoms with Crippen LogP contribution in [0.3, 0.4) is 0 Å². The van der Waals surface area contributed by atoms with Crippen molar-refractivity contribution in [2.75, 3.05) is 13.2 Å². The van der Waals surface area contributed by atoms with E-state index in [-0.39, 0.29) is 13.0 Å². The van der Waals surface area contributed by atoms with E-state index in [9.17, 15) is 45.6 Å². The average molecular weight is 627 g/mol. The molecular weight excluding hydrogens is 588 g/mol. The Kier molecular flexibility index (Phi) is 9.77. The molecule has 244 valence electrons. The number of fused-ring (bicyclic) bond motifs is 1. The zero-order valence-electron chi connectivity index (χ0n) is 23.7. The van der Waals surface area contributed by atoms with Crippen molar-refractivity contribution in [2.45, 2.75) is 92.2 Å². The lowest BCUT2D eigenvalue weighted by Gasteiger charge is -2.46. The normalized spacial score (nSPS) is 45.6. The Morgan fingerprint density at radius 2 is 1.66 bits per heavy atom. The second-order valence-electron chi connectivity index (χ2n) is 11.6. The first-order valence-electron chi connectivity index (χ1n) is 14.2. The van der Waals surface area contributed by atoms with Crippen molar-refractivity contribution in [3.63, 3.8) is 0 Å². The maximum atomic E-state index is 13.1. The van der Waals surface area contributed by atoms with E-state index in [1.165, 1.54) is 25.2 Å². The predicted octanol–water partition coefficient (Wildman–Crippen LogP) is -2.74. The Balaban J connectivity index is 1.43. The van der Waals surface area contributed by atoms with Gasteiger partial charge in [-0.2, -0.15) is 0 Å². The van der Waals surface area contributed by atoms with Crippen LogP contribution in [0.5, 0.6) is 0 Å². The summed E-state index contributed by atoms with van der Waals surface area (Å²) in [5, 5.41) is 83.1. The molecule has 3 aliphatic heterocycles. The molecule has 14 unspecified atom stereocenters. The first kappa shape index (κ1) is 32.9. The third kappa shape index (κ3) is 6.28. The minimum absolute atomic E-state index is 0.216. The topological polar surface area (TPSA) is 234 Å². The van der Waals surface area contributed by atoms with Gasteiger partial charge in [-0.05, 0) is 24.6 Å². The van der Waals surface area contributed by atoms with Gasteiger partial charge < -0.3 is 69.3 Å². The lowest BCUT2D eigenvalue weighted by Crippen LogP contribution is -2.62. The molecule has 44 heavy (non-hydrogen) atoms. The van der Waals surface area contributed by atoms with E-state index in [0.717, 1.165) is 11.8 Å². The molecule has 3 fully saturated rings. The third-order valence-electron chi connectivity index (χ3n) is 8.50. The molecule has 5 rings (SSSR count). The highest BCUT2D eigenvalue weighted by Crippen LogP contribution is 2.53. The number of benzene rings is 1. The van der Waals surface area contributed by atoms with E-state index in [2.05, 4.69) is 0 Å². The number of esters is 1. The molecule has 1 saturated carbocycles. The van der Waals surface area contributed by atoms with Crippen LogP contribution >= 0.6 is 0 Å². The number of aliphatic hydroxyl groups excluding tert-OH is 7. The van der Waals surface area contributed by atoms with Crippen LogP contribution in [-0.4, -0.2) is 139 Å². The molecule has 0 bridgehead atoms. The average Bonchev–Trinajstić information content (AvgIpc) is 3.23. The van der Waals surface area contributed by atoms with Crippen LogP contribution in [0.2, 0.25) is 0 Å². The molecule has 3 heterocycles. The number of rotatable bonds is 8. The van der Waals surface area contributed by atoms with Crippen LogP contribution in [0.4, 0.5) is 0 Å². The van der Waals surface area contributed by atoms with Gasteiger partial charge in [0.15, 0.2) is 12.6 Å². The zero-order valence-corrected chi connectivity index (χ0v) is 23.7. The Bertz CT molecular complexity index is 1190. The number of hydrogen-bond donors (Lipinski definition) is 8. The largest absolute Gasteiger partial charge is 0.472 e. The molecule has 14 atom stereocenters. The van der Waals surface area contributed by atoms with Crippen molar-refractivity contribution in [1.82, 2.24) is 0 Å². The van der Waals surface area contributed by atoms with Gasteiger partial charge in [-0.25, -0.2) is 4.79 Å². The molecule has 15 nitrogen and oxygen atoms in total. The van der Waals surface area contributed by atoms with Crippen LogP contribution in [0.25, 0.3) is 6.08 Å². The molecule has 1 aromatic rings. The summed E-state index contributed by atoms with van der Waals surface area (Å²) in [5.41, 5.74) is -2.95. The van der Waals surface area contributed by atoms with Crippen LogP contribution < -0.4 is 0 Å². The van der Waals surface area contributed by atoms with E-state index in [0.29, 0.717) is 0 Å². The second-order valence-corrected chi connectivity index (χ2v) is 11.6. The SMILES string of the molecule is CC1(OC(=O)C=Cc2ccccc2)CC(OC2OCC(O)C(O)C2O)C2(O)C=COC(OC3OC(CO)C(O)C(O)C3O)C12.